The molecular formula is C17H28N2. The number of benzene rings is 1. The molecule has 106 valence electrons. The van der Waals surface area contributed by atoms with Gasteiger partial charge in [0.25, 0.3) is 0 Å². The minimum absolute atomic E-state index is 0.632. The largest absolute Gasteiger partial charge is 0.317 e. The van der Waals surface area contributed by atoms with Gasteiger partial charge < -0.3 is 10.6 Å². The highest BCUT2D eigenvalue weighted by Crippen LogP contribution is 2.15. The molecule has 0 saturated carbocycles. The molecule has 0 aliphatic carbocycles. The van der Waals surface area contributed by atoms with Gasteiger partial charge in [0.1, 0.15) is 0 Å². The van der Waals surface area contributed by atoms with E-state index in [0.29, 0.717) is 5.92 Å². The van der Waals surface area contributed by atoms with Gasteiger partial charge in [-0.2, -0.15) is 0 Å². The van der Waals surface area contributed by atoms with Crippen LogP contribution in [0.1, 0.15) is 43.7 Å². The SMILES string of the molecule is CC(C)c1ccc(CCNCC2CCNCC2)cc1. The van der Waals surface area contributed by atoms with Crippen molar-refractivity contribution in [3.63, 3.8) is 0 Å². The number of rotatable bonds is 6. The van der Waals surface area contributed by atoms with Crippen LogP contribution >= 0.6 is 0 Å². The number of nitrogens with one attached hydrogen (secondary N) is 2. The summed E-state index contributed by atoms with van der Waals surface area (Å²) in [7, 11) is 0. The van der Waals surface area contributed by atoms with E-state index in [-0.39, 0.29) is 0 Å². The molecule has 0 amide bonds. The number of hydrogen-bond donors (Lipinski definition) is 2. The van der Waals surface area contributed by atoms with E-state index in [1.807, 2.05) is 0 Å². The normalized spacial score (nSPS) is 17.0. The van der Waals surface area contributed by atoms with Crippen molar-refractivity contribution in [3.8, 4) is 0 Å². The van der Waals surface area contributed by atoms with Crippen LogP contribution in [0, 0.1) is 5.92 Å². The van der Waals surface area contributed by atoms with Gasteiger partial charge in [0.15, 0.2) is 0 Å². The maximum Gasteiger partial charge on any atom is -0.000824 e. The van der Waals surface area contributed by atoms with Gasteiger partial charge >= 0.3 is 0 Å². The molecule has 0 bridgehead atoms. The van der Waals surface area contributed by atoms with Crippen LogP contribution in [0.15, 0.2) is 24.3 Å². The zero-order chi connectivity index (χ0) is 13.5. The Morgan fingerprint density at radius 3 is 2.47 bits per heavy atom. The van der Waals surface area contributed by atoms with Gasteiger partial charge in [-0.1, -0.05) is 38.1 Å². The van der Waals surface area contributed by atoms with Crippen molar-refractivity contribution in [1.82, 2.24) is 10.6 Å². The van der Waals surface area contributed by atoms with Crippen LogP contribution in [0.3, 0.4) is 0 Å². The Hall–Kier alpha value is -0.860. The molecule has 1 aliphatic heterocycles. The Kier molecular flexibility index (Phi) is 5.87. The summed E-state index contributed by atoms with van der Waals surface area (Å²) in [4.78, 5) is 0. The first kappa shape index (κ1) is 14.5. The van der Waals surface area contributed by atoms with Gasteiger partial charge in [-0.25, -0.2) is 0 Å². The Balaban J connectivity index is 1.64. The molecule has 1 heterocycles. The zero-order valence-corrected chi connectivity index (χ0v) is 12.4. The molecule has 2 N–H and O–H groups in total. The van der Waals surface area contributed by atoms with E-state index in [1.54, 1.807) is 0 Å². The van der Waals surface area contributed by atoms with Gasteiger partial charge in [-0.3, -0.25) is 0 Å². The van der Waals surface area contributed by atoms with Crippen LogP contribution in [0.5, 0.6) is 0 Å². The summed E-state index contributed by atoms with van der Waals surface area (Å²) in [6.07, 6.45) is 3.80. The lowest BCUT2D eigenvalue weighted by molar-refractivity contribution is 0.358. The van der Waals surface area contributed by atoms with Crippen molar-refractivity contribution >= 4 is 0 Å². The van der Waals surface area contributed by atoms with Crippen molar-refractivity contribution in [3.05, 3.63) is 35.4 Å². The van der Waals surface area contributed by atoms with Crippen molar-refractivity contribution in [2.45, 2.75) is 39.0 Å². The lowest BCUT2D eigenvalue weighted by atomic mass is 9.98. The molecule has 0 atom stereocenters. The lowest BCUT2D eigenvalue weighted by Gasteiger charge is -2.22. The highest BCUT2D eigenvalue weighted by atomic mass is 14.9. The Bertz CT molecular complexity index is 350. The monoisotopic (exact) mass is 260 g/mol. The molecule has 2 rings (SSSR count). The third-order valence-corrected chi connectivity index (χ3v) is 4.13. The molecule has 1 fully saturated rings. The fraction of sp³-hybridized carbons (Fsp3) is 0.647. The third kappa shape index (κ3) is 4.96. The molecule has 1 saturated heterocycles. The van der Waals surface area contributed by atoms with Gasteiger partial charge in [-0.15, -0.1) is 0 Å². The van der Waals surface area contributed by atoms with Gasteiger partial charge in [0.05, 0.1) is 0 Å². The summed E-state index contributed by atoms with van der Waals surface area (Å²) in [6.45, 7) is 9.17. The van der Waals surface area contributed by atoms with E-state index < -0.39 is 0 Å². The van der Waals surface area contributed by atoms with Gasteiger partial charge in [0.2, 0.25) is 0 Å². The first-order valence-electron chi connectivity index (χ1n) is 7.76. The molecule has 0 spiro atoms. The smallest absolute Gasteiger partial charge is 0.000824 e. The first-order chi connectivity index (χ1) is 9.25. The minimum Gasteiger partial charge on any atom is -0.317 e. The van der Waals surface area contributed by atoms with Crippen LogP contribution in [0.25, 0.3) is 0 Å². The molecule has 0 radical (unpaired) electrons. The van der Waals surface area contributed by atoms with E-state index >= 15 is 0 Å². The van der Waals surface area contributed by atoms with Crippen molar-refractivity contribution < 1.29 is 0 Å². The summed E-state index contributed by atoms with van der Waals surface area (Å²) >= 11 is 0. The molecule has 0 aromatic heterocycles. The highest BCUT2D eigenvalue weighted by Gasteiger charge is 2.11. The molecule has 2 nitrogen and oxygen atoms in total. The third-order valence-electron chi connectivity index (χ3n) is 4.13. The number of piperidine rings is 1. The average Bonchev–Trinajstić information content (AvgIpc) is 2.45. The summed E-state index contributed by atoms with van der Waals surface area (Å²) in [5.74, 6) is 1.51. The molecule has 1 aliphatic rings. The van der Waals surface area contributed by atoms with Crippen molar-refractivity contribution in [1.29, 1.82) is 0 Å². The van der Waals surface area contributed by atoms with E-state index in [1.165, 1.54) is 43.6 Å². The molecule has 2 heteroatoms. The quantitative estimate of drug-likeness (QED) is 0.769. The maximum atomic E-state index is 3.61. The summed E-state index contributed by atoms with van der Waals surface area (Å²) in [5, 5.41) is 7.03. The lowest BCUT2D eigenvalue weighted by Crippen LogP contribution is -2.34. The number of hydrogen-bond acceptors (Lipinski definition) is 2. The minimum atomic E-state index is 0.632. The van der Waals surface area contributed by atoms with E-state index in [2.05, 4.69) is 48.7 Å². The molecule has 19 heavy (non-hydrogen) atoms. The van der Waals surface area contributed by atoms with Crippen molar-refractivity contribution in [2.24, 2.45) is 5.92 Å². The Morgan fingerprint density at radius 1 is 1.16 bits per heavy atom. The Labute approximate surface area is 118 Å². The van der Waals surface area contributed by atoms with Gasteiger partial charge in [0, 0.05) is 0 Å². The highest BCUT2D eigenvalue weighted by molar-refractivity contribution is 5.24. The second-order valence-corrected chi connectivity index (χ2v) is 6.04. The summed E-state index contributed by atoms with van der Waals surface area (Å²) in [6, 6.07) is 9.10. The molecule has 1 aromatic carbocycles. The van der Waals surface area contributed by atoms with Crippen LogP contribution in [-0.4, -0.2) is 26.2 Å². The Morgan fingerprint density at radius 2 is 1.84 bits per heavy atom. The van der Waals surface area contributed by atoms with E-state index in [0.717, 1.165) is 18.9 Å². The van der Waals surface area contributed by atoms with E-state index in [9.17, 15) is 0 Å². The van der Waals surface area contributed by atoms with Crippen LogP contribution in [-0.2, 0) is 6.42 Å². The van der Waals surface area contributed by atoms with Gasteiger partial charge in [-0.05, 0) is 68.4 Å². The van der Waals surface area contributed by atoms with E-state index in [4.69, 9.17) is 0 Å². The standard InChI is InChI=1S/C17H28N2/c1-14(2)17-5-3-15(4-6-17)7-12-19-13-16-8-10-18-11-9-16/h3-6,14,16,18-19H,7-13H2,1-2H3. The predicted molar refractivity (Wildman–Crippen MR) is 82.7 cm³/mol. The van der Waals surface area contributed by atoms with Crippen LogP contribution in [0.4, 0.5) is 0 Å². The fourth-order valence-electron chi connectivity index (χ4n) is 2.69. The molecular weight excluding hydrogens is 232 g/mol. The molecule has 0 unspecified atom stereocenters. The fourth-order valence-corrected chi connectivity index (χ4v) is 2.69. The van der Waals surface area contributed by atoms with Crippen LogP contribution in [0.2, 0.25) is 0 Å². The maximum absolute atomic E-state index is 3.61. The second-order valence-electron chi connectivity index (χ2n) is 6.04. The van der Waals surface area contributed by atoms with Crippen molar-refractivity contribution in [2.75, 3.05) is 26.2 Å². The summed E-state index contributed by atoms with van der Waals surface area (Å²) < 4.78 is 0. The zero-order valence-electron chi connectivity index (χ0n) is 12.4. The topological polar surface area (TPSA) is 24.1 Å². The first-order valence-corrected chi connectivity index (χ1v) is 7.76. The summed E-state index contributed by atoms with van der Waals surface area (Å²) in [5.41, 5.74) is 2.88. The predicted octanol–water partition coefficient (Wildman–Crippen LogP) is 2.94. The average molecular weight is 260 g/mol. The molecule has 1 aromatic rings. The second kappa shape index (κ2) is 7.66. The van der Waals surface area contributed by atoms with Crippen LogP contribution < -0.4 is 10.6 Å².